The van der Waals surface area contributed by atoms with E-state index in [0.29, 0.717) is 29.1 Å². The number of ketones is 1. The quantitative estimate of drug-likeness (QED) is 0.254. The van der Waals surface area contributed by atoms with Crippen LogP contribution >= 0.6 is 0 Å². The molecule has 1 saturated heterocycles. The number of nitrogens with two attached hydrogens (primary N) is 1. The molecule has 2 aromatic carbocycles. The highest BCUT2D eigenvalue weighted by atomic mass is 16.5. The molecule has 2 amide bonds. The first-order chi connectivity index (χ1) is 22.2. The summed E-state index contributed by atoms with van der Waals surface area (Å²) in [4.78, 5) is 35.4. The zero-order valence-corrected chi connectivity index (χ0v) is 27.5. The Labute approximate surface area is 270 Å². The van der Waals surface area contributed by atoms with Gasteiger partial charge >= 0.3 is 6.03 Å². The van der Waals surface area contributed by atoms with Gasteiger partial charge in [-0.1, -0.05) is 18.2 Å². The van der Waals surface area contributed by atoms with Gasteiger partial charge in [0.05, 0.1) is 23.8 Å². The van der Waals surface area contributed by atoms with Crippen molar-refractivity contribution in [2.45, 2.75) is 63.5 Å². The van der Waals surface area contributed by atoms with Crippen molar-refractivity contribution in [2.75, 3.05) is 34.3 Å². The SMILES string of the molecule is COc1cc(C(=O)[C@H]2C[C@H]3CC[C@@H]2C3N)cc2nc(-c3cc4cccc(C5CCN(C(=O)N(C)C)CC5)c4n3CC3CC3)n(C)c12. The third-order valence-electron chi connectivity index (χ3n) is 11.7. The molecule has 8 rings (SSSR count). The van der Waals surface area contributed by atoms with Crippen LogP contribution in [0.2, 0.25) is 0 Å². The highest BCUT2D eigenvalue weighted by Gasteiger charge is 2.49. The second-order valence-corrected chi connectivity index (χ2v) is 14.6. The van der Waals surface area contributed by atoms with Gasteiger partial charge in [-0.3, -0.25) is 4.79 Å². The van der Waals surface area contributed by atoms with Gasteiger partial charge in [-0.05, 0) is 92.4 Å². The fourth-order valence-electron chi connectivity index (χ4n) is 9.02. The molecule has 0 spiro atoms. The molecule has 3 aliphatic carbocycles. The average molecular weight is 623 g/mol. The third-order valence-corrected chi connectivity index (χ3v) is 11.7. The van der Waals surface area contributed by atoms with E-state index >= 15 is 0 Å². The van der Waals surface area contributed by atoms with Crippen LogP contribution in [0.1, 0.15) is 66.8 Å². The number of urea groups is 1. The predicted molar refractivity (Wildman–Crippen MR) is 180 cm³/mol. The summed E-state index contributed by atoms with van der Waals surface area (Å²) < 4.78 is 10.6. The van der Waals surface area contributed by atoms with Gasteiger partial charge in [0.25, 0.3) is 0 Å². The number of aromatic nitrogens is 3. The number of Topliss-reactive ketones (excluding diaryl/α,β-unsaturated/α-hetero) is 1. The Morgan fingerprint density at radius 3 is 2.46 bits per heavy atom. The summed E-state index contributed by atoms with van der Waals surface area (Å²) in [6.45, 7) is 2.50. The standard InChI is InChI=1S/C37H46N6O3/c1-40(2)37(45)42-14-12-22(13-15-42)26-7-5-6-24-18-30(43(33(24)26)20-21-8-9-21)36-39-29-17-25(19-31(46-4)34(29)41(36)3)35(44)28-16-23-10-11-27(28)32(23)38/h5-7,17-19,21-23,27-28,32H,8-16,20,38H2,1-4H3/t23-,27+,28+,32?/m1/s1. The molecule has 46 heavy (non-hydrogen) atoms. The van der Waals surface area contributed by atoms with E-state index in [1.807, 2.05) is 31.1 Å². The number of carbonyl (C=O) groups excluding carboxylic acids is 2. The van der Waals surface area contributed by atoms with Crippen LogP contribution in [0.3, 0.4) is 0 Å². The maximum absolute atomic E-state index is 13.9. The molecule has 4 aliphatic rings. The smallest absolute Gasteiger partial charge is 0.319 e. The number of amides is 2. The number of carbonyl (C=O) groups is 2. The van der Waals surface area contributed by atoms with Crippen molar-refractivity contribution in [1.29, 1.82) is 0 Å². The highest BCUT2D eigenvalue weighted by molar-refractivity contribution is 6.03. The van der Waals surface area contributed by atoms with Crippen molar-refractivity contribution in [1.82, 2.24) is 23.9 Å². The van der Waals surface area contributed by atoms with E-state index < -0.39 is 0 Å². The number of aryl methyl sites for hydroxylation is 1. The number of hydrogen-bond donors (Lipinski definition) is 1. The average Bonchev–Trinajstić information content (AvgIpc) is 3.45. The van der Waals surface area contributed by atoms with Crippen molar-refractivity contribution in [2.24, 2.45) is 36.5 Å². The molecule has 4 atom stereocenters. The van der Waals surface area contributed by atoms with Crippen LogP contribution in [0.15, 0.2) is 36.4 Å². The summed E-state index contributed by atoms with van der Waals surface area (Å²) in [7, 11) is 7.38. The van der Waals surface area contributed by atoms with E-state index in [0.717, 1.165) is 74.3 Å². The largest absolute Gasteiger partial charge is 0.494 e. The number of ether oxygens (including phenoxy) is 1. The summed E-state index contributed by atoms with van der Waals surface area (Å²) in [5, 5.41) is 1.22. The number of methoxy groups -OCH3 is 1. The first-order valence-corrected chi connectivity index (χ1v) is 17.2. The fourth-order valence-corrected chi connectivity index (χ4v) is 9.02. The van der Waals surface area contributed by atoms with E-state index in [-0.39, 0.29) is 29.7 Å². The lowest BCUT2D eigenvalue weighted by atomic mass is 9.83. The zero-order chi connectivity index (χ0) is 31.9. The van der Waals surface area contributed by atoms with Crippen LogP contribution in [-0.4, -0.2) is 76.1 Å². The predicted octanol–water partition coefficient (Wildman–Crippen LogP) is 6.03. The normalized spacial score (nSPS) is 24.8. The molecule has 4 fully saturated rings. The number of para-hydroxylation sites is 1. The van der Waals surface area contributed by atoms with Gasteiger partial charge in [-0.2, -0.15) is 0 Å². The summed E-state index contributed by atoms with van der Waals surface area (Å²) in [6, 6.07) is 13.1. The van der Waals surface area contributed by atoms with Gasteiger partial charge < -0.3 is 29.4 Å². The Morgan fingerprint density at radius 2 is 1.80 bits per heavy atom. The lowest BCUT2D eigenvalue weighted by Crippen LogP contribution is -2.43. The van der Waals surface area contributed by atoms with Crippen molar-refractivity contribution in [3.8, 4) is 17.3 Å². The number of rotatable bonds is 7. The molecule has 0 radical (unpaired) electrons. The van der Waals surface area contributed by atoms with E-state index in [1.165, 1.54) is 29.3 Å². The summed E-state index contributed by atoms with van der Waals surface area (Å²) in [5.41, 5.74) is 12.6. The zero-order valence-electron chi connectivity index (χ0n) is 27.5. The number of likely N-dealkylation sites (tertiary alicyclic amines) is 1. The molecule has 1 aliphatic heterocycles. The Balaban J connectivity index is 1.19. The first kappa shape index (κ1) is 29.5. The lowest BCUT2D eigenvalue weighted by molar-refractivity contribution is 0.0872. The summed E-state index contributed by atoms with van der Waals surface area (Å²) in [5.74, 6) is 3.55. The molecule has 9 nitrogen and oxygen atoms in total. The number of benzene rings is 2. The van der Waals surface area contributed by atoms with Crippen molar-refractivity contribution in [3.63, 3.8) is 0 Å². The van der Waals surface area contributed by atoms with Crippen molar-refractivity contribution in [3.05, 3.63) is 47.5 Å². The molecule has 2 bridgehead atoms. The number of imidazole rings is 1. The second-order valence-electron chi connectivity index (χ2n) is 14.6. The van der Waals surface area contributed by atoms with E-state index in [9.17, 15) is 9.59 Å². The highest BCUT2D eigenvalue weighted by Crippen LogP contribution is 2.49. The molecule has 9 heteroatoms. The maximum Gasteiger partial charge on any atom is 0.319 e. The van der Waals surface area contributed by atoms with Crippen LogP contribution in [0.4, 0.5) is 4.79 Å². The molecular weight excluding hydrogens is 576 g/mol. The molecular formula is C37H46N6O3. The van der Waals surface area contributed by atoms with Gasteiger partial charge in [0, 0.05) is 63.7 Å². The van der Waals surface area contributed by atoms with Gasteiger partial charge in [0.2, 0.25) is 0 Å². The van der Waals surface area contributed by atoms with Gasteiger partial charge in [-0.25, -0.2) is 9.78 Å². The first-order valence-electron chi connectivity index (χ1n) is 17.2. The maximum atomic E-state index is 13.9. The van der Waals surface area contributed by atoms with Crippen LogP contribution < -0.4 is 10.5 Å². The lowest BCUT2D eigenvalue weighted by Gasteiger charge is -2.34. The number of hydrogen-bond acceptors (Lipinski definition) is 5. The minimum absolute atomic E-state index is 0.00792. The van der Waals surface area contributed by atoms with Crippen molar-refractivity contribution >= 4 is 33.8 Å². The van der Waals surface area contributed by atoms with Crippen LogP contribution in [0.25, 0.3) is 33.5 Å². The molecule has 1 unspecified atom stereocenters. The van der Waals surface area contributed by atoms with Crippen LogP contribution in [0, 0.1) is 23.7 Å². The fraction of sp³-hybridized carbons (Fsp3) is 0.541. The molecule has 242 valence electrons. The van der Waals surface area contributed by atoms with E-state index in [1.54, 1.807) is 12.0 Å². The topological polar surface area (TPSA) is 98.6 Å². The monoisotopic (exact) mass is 622 g/mol. The van der Waals surface area contributed by atoms with Gasteiger partial charge in [0.1, 0.15) is 11.3 Å². The number of fused-ring (bicyclic) bond motifs is 4. The molecule has 3 heterocycles. The Kier molecular flexibility index (Phi) is 7.16. The van der Waals surface area contributed by atoms with E-state index in [4.69, 9.17) is 15.5 Å². The summed E-state index contributed by atoms with van der Waals surface area (Å²) >= 11 is 0. The number of nitrogens with zero attached hydrogens (tertiary/aromatic N) is 5. The molecule has 4 aromatic rings. The summed E-state index contributed by atoms with van der Waals surface area (Å²) in [6.07, 6.45) is 7.51. The molecule has 3 saturated carbocycles. The van der Waals surface area contributed by atoms with Crippen LogP contribution in [-0.2, 0) is 13.6 Å². The van der Waals surface area contributed by atoms with Crippen LogP contribution in [0.5, 0.6) is 5.75 Å². The molecule has 2 N–H and O–H groups in total. The Hall–Kier alpha value is -3.85. The minimum Gasteiger partial charge on any atom is -0.494 e. The van der Waals surface area contributed by atoms with Gasteiger partial charge in [-0.15, -0.1) is 0 Å². The Bertz CT molecular complexity index is 1840. The minimum atomic E-state index is -0.00792. The van der Waals surface area contributed by atoms with E-state index in [2.05, 4.69) is 40.4 Å². The third kappa shape index (κ3) is 4.72. The second kappa shape index (κ2) is 11.1. The molecule has 2 aromatic heterocycles. The van der Waals surface area contributed by atoms with Crippen molar-refractivity contribution < 1.29 is 14.3 Å². The van der Waals surface area contributed by atoms with Gasteiger partial charge in [0.15, 0.2) is 11.6 Å². The number of piperidine rings is 1. The Morgan fingerprint density at radius 1 is 1.02 bits per heavy atom.